The molecule has 0 radical (unpaired) electrons. The molecule has 1 atom stereocenters. The summed E-state index contributed by atoms with van der Waals surface area (Å²) >= 11 is 5.07. The van der Waals surface area contributed by atoms with Crippen molar-refractivity contribution < 1.29 is 4.74 Å². The molecule has 2 rings (SSSR count). The highest BCUT2D eigenvalue weighted by molar-refractivity contribution is 7.71. The van der Waals surface area contributed by atoms with E-state index in [0.29, 0.717) is 4.77 Å². The van der Waals surface area contributed by atoms with Crippen LogP contribution in [0.15, 0.2) is 24.3 Å². The average Bonchev–Trinajstić information content (AvgIpc) is 2.63. The van der Waals surface area contributed by atoms with Gasteiger partial charge in [0, 0.05) is 7.05 Å². The Hall–Kier alpha value is -1.62. The third-order valence-electron chi connectivity index (χ3n) is 2.68. The summed E-state index contributed by atoms with van der Waals surface area (Å²) in [5.74, 6) is 1.66. The third-order valence-corrected chi connectivity index (χ3v) is 3.04. The Morgan fingerprint density at radius 3 is 2.71 bits per heavy atom. The van der Waals surface area contributed by atoms with Crippen LogP contribution in [0.1, 0.15) is 24.4 Å². The van der Waals surface area contributed by atoms with Gasteiger partial charge < -0.3 is 9.30 Å². The predicted octanol–water partition coefficient (Wildman–Crippen LogP) is 2.93. The second kappa shape index (κ2) is 4.71. The Morgan fingerprint density at radius 1 is 1.41 bits per heavy atom. The fraction of sp³-hybridized carbons (Fsp3) is 0.333. The van der Waals surface area contributed by atoms with Crippen molar-refractivity contribution in [2.45, 2.75) is 20.0 Å². The van der Waals surface area contributed by atoms with Gasteiger partial charge in [-0.3, -0.25) is 5.10 Å². The quantitative estimate of drug-likeness (QED) is 0.850. The zero-order valence-electron chi connectivity index (χ0n) is 10.1. The van der Waals surface area contributed by atoms with Gasteiger partial charge in [0.05, 0.1) is 0 Å². The van der Waals surface area contributed by atoms with Crippen molar-refractivity contribution >= 4 is 12.2 Å². The second-order valence-electron chi connectivity index (χ2n) is 3.97. The predicted molar refractivity (Wildman–Crippen MR) is 68.6 cm³/mol. The number of aryl methyl sites for hydroxylation is 1. The van der Waals surface area contributed by atoms with E-state index in [-0.39, 0.29) is 6.10 Å². The van der Waals surface area contributed by atoms with Crippen LogP contribution >= 0.6 is 12.2 Å². The maximum absolute atomic E-state index is 5.88. The lowest BCUT2D eigenvalue weighted by atomic mass is 10.2. The lowest BCUT2D eigenvalue weighted by molar-refractivity contribution is 0.210. The lowest BCUT2D eigenvalue weighted by Crippen LogP contribution is -2.10. The van der Waals surface area contributed by atoms with E-state index in [9.17, 15) is 0 Å². The number of benzene rings is 1. The van der Waals surface area contributed by atoms with Crippen LogP contribution in [0.3, 0.4) is 0 Å². The minimum atomic E-state index is -0.144. The molecule has 0 spiro atoms. The number of para-hydroxylation sites is 1. The molecule has 0 saturated carbocycles. The van der Waals surface area contributed by atoms with Crippen molar-refractivity contribution in [1.29, 1.82) is 0 Å². The fourth-order valence-electron chi connectivity index (χ4n) is 1.65. The van der Waals surface area contributed by atoms with E-state index >= 15 is 0 Å². The second-order valence-corrected chi connectivity index (χ2v) is 4.36. The molecule has 4 nitrogen and oxygen atoms in total. The van der Waals surface area contributed by atoms with E-state index in [2.05, 4.69) is 10.2 Å². The highest BCUT2D eigenvalue weighted by Crippen LogP contribution is 2.23. The monoisotopic (exact) mass is 249 g/mol. The van der Waals surface area contributed by atoms with Crippen LogP contribution in [0.4, 0.5) is 0 Å². The lowest BCUT2D eigenvalue weighted by Gasteiger charge is -2.15. The van der Waals surface area contributed by atoms with Gasteiger partial charge in [-0.05, 0) is 37.7 Å². The van der Waals surface area contributed by atoms with Crippen LogP contribution in [-0.4, -0.2) is 14.8 Å². The van der Waals surface area contributed by atoms with E-state index in [4.69, 9.17) is 17.0 Å². The van der Waals surface area contributed by atoms with Gasteiger partial charge in [-0.1, -0.05) is 18.2 Å². The highest BCUT2D eigenvalue weighted by Gasteiger charge is 2.14. The molecule has 0 aliphatic carbocycles. The first kappa shape index (κ1) is 11.9. The SMILES string of the molecule is Cc1ccccc1O[C@@H](C)c1n[nH]c(=S)n1C. The molecule has 0 bridgehead atoms. The number of aromatic amines is 1. The number of ether oxygens (including phenoxy) is 1. The maximum Gasteiger partial charge on any atom is 0.195 e. The van der Waals surface area contributed by atoms with E-state index in [0.717, 1.165) is 17.1 Å². The first-order valence-electron chi connectivity index (χ1n) is 5.43. The van der Waals surface area contributed by atoms with Crippen LogP contribution < -0.4 is 4.74 Å². The topological polar surface area (TPSA) is 42.8 Å². The van der Waals surface area contributed by atoms with Crippen LogP contribution in [0.5, 0.6) is 5.75 Å². The molecule has 1 heterocycles. The van der Waals surface area contributed by atoms with Crippen molar-refractivity contribution in [1.82, 2.24) is 14.8 Å². The molecule has 0 aliphatic heterocycles. The molecule has 0 fully saturated rings. The molecule has 0 unspecified atom stereocenters. The van der Waals surface area contributed by atoms with Crippen molar-refractivity contribution in [3.8, 4) is 5.75 Å². The third kappa shape index (κ3) is 2.39. The minimum absolute atomic E-state index is 0.144. The Balaban J connectivity index is 2.23. The Morgan fingerprint density at radius 2 is 2.12 bits per heavy atom. The van der Waals surface area contributed by atoms with Gasteiger partial charge in [0.2, 0.25) is 0 Å². The first-order valence-corrected chi connectivity index (χ1v) is 5.84. The summed E-state index contributed by atoms with van der Waals surface area (Å²) in [6.07, 6.45) is -0.144. The molecule has 2 aromatic rings. The fourth-order valence-corrected chi connectivity index (χ4v) is 1.79. The number of nitrogens with one attached hydrogen (secondary N) is 1. The summed E-state index contributed by atoms with van der Waals surface area (Å²) < 4.78 is 8.29. The standard InChI is InChI=1S/C12H15N3OS/c1-8-6-4-5-7-10(8)16-9(2)11-13-14-12(17)15(11)3/h4-7,9H,1-3H3,(H,14,17)/t9-/m0/s1. The molecular formula is C12H15N3OS. The van der Waals surface area contributed by atoms with E-state index in [1.807, 2.05) is 49.7 Å². The van der Waals surface area contributed by atoms with Crippen molar-refractivity contribution in [2.75, 3.05) is 0 Å². The summed E-state index contributed by atoms with van der Waals surface area (Å²) in [6, 6.07) is 7.92. The normalized spacial score (nSPS) is 12.4. The largest absolute Gasteiger partial charge is 0.482 e. The van der Waals surface area contributed by atoms with Crippen LogP contribution in [0.2, 0.25) is 0 Å². The summed E-state index contributed by atoms with van der Waals surface area (Å²) in [4.78, 5) is 0. The molecule has 1 aromatic heterocycles. The zero-order chi connectivity index (χ0) is 12.4. The maximum atomic E-state index is 5.88. The Labute approximate surface area is 105 Å². The van der Waals surface area contributed by atoms with Crippen LogP contribution in [0, 0.1) is 11.7 Å². The Bertz CT molecular complexity index is 573. The molecule has 17 heavy (non-hydrogen) atoms. The molecular weight excluding hydrogens is 234 g/mol. The van der Waals surface area contributed by atoms with Crippen molar-refractivity contribution in [3.05, 3.63) is 40.4 Å². The van der Waals surface area contributed by atoms with Crippen molar-refractivity contribution in [2.24, 2.45) is 7.05 Å². The van der Waals surface area contributed by atoms with Gasteiger partial charge in [-0.2, -0.15) is 5.10 Å². The molecule has 1 N–H and O–H groups in total. The molecule has 0 amide bonds. The first-order chi connectivity index (χ1) is 8.09. The number of nitrogens with zero attached hydrogens (tertiary/aromatic N) is 2. The molecule has 5 heteroatoms. The molecule has 1 aromatic carbocycles. The number of hydrogen-bond donors (Lipinski definition) is 1. The van der Waals surface area contributed by atoms with Crippen LogP contribution in [0.25, 0.3) is 0 Å². The number of hydrogen-bond acceptors (Lipinski definition) is 3. The van der Waals surface area contributed by atoms with Gasteiger partial charge in [0.15, 0.2) is 16.7 Å². The van der Waals surface area contributed by atoms with Gasteiger partial charge in [-0.25, -0.2) is 0 Å². The molecule has 0 saturated heterocycles. The van der Waals surface area contributed by atoms with E-state index in [1.165, 1.54) is 0 Å². The van der Waals surface area contributed by atoms with E-state index in [1.54, 1.807) is 0 Å². The van der Waals surface area contributed by atoms with Crippen LogP contribution in [-0.2, 0) is 7.05 Å². The summed E-state index contributed by atoms with van der Waals surface area (Å²) in [6.45, 7) is 3.97. The summed E-state index contributed by atoms with van der Waals surface area (Å²) in [7, 11) is 1.87. The minimum Gasteiger partial charge on any atom is -0.482 e. The van der Waals surface area contributed by atoms with Gasteiger partial charge in [-0.15, -0.1) is 0 Å². The number of H-pyrrole nitrogens is 1. The van der Waals surface area contributed by atoms with Gasteiger partial charge in [0.1, 0.15) is 5.75 Å². The summed E-state index contributed by atoms with van der Waals surface area (Å²) in [5.41, 5.74) is 1.11. The Kier molecular flexibility index (Phi) is 3.28. The average molecular weight is 249 g/mol. The number of rotatable bonds is 3. The smallest absolute Gasteiger partial charge is 0.195 e. The molecule has 90 valence electrons. The molecule has 0 aliphatic rings. The zero-order valence-corrected chi connectivity index (χ0v) is 10.9. The van der Waals surface area contributed by atoms with Gasteiger partial charge >= 0.3 is 0 Å². The number of aromatic nitrogens is 3. The summed E-state index contributed by atoms with van der Waals surface area (Å²) in [5, 5.41) is 6.92. The van der Waals surface area contributed by atoms with Gasteiger partial charge in [0.25, 0.3) is 0 Å². The van der Waals surface area contributed by atoms with E-state index < -0.39 is 0 Å². The highest BCUT2D eigenvalue weighted by atomic mass is 32.1. The van der Waals surface area contributed by atoms with Crippen molar-refractivity contribution in [3.63, 3.8) is 0 Å².